The van der Waals surface area contributed by atoms with Crippen LogP contribution in [0, 0.1) is 48.5 Å². The third-order valence-corrected chi connectivity index (χ3v) is 7.26. The third-order valence-electron chi connectivity index (χ3n) is 6.05. The van der Waals surface area contributed by atoms with Crippen LogP contribution in [-0.4, -0.2) is 54.5 Å². The van der Waals surface area contributed by atoms with Crippen molar-refractivity contribution >= 4 is 39.9 Å². The van der Waals surface area contributed by atoms with E-state index in [9.17, 15) is 5.11 Å². The van der Waals surface area contributed by atoms with E-state index in [0.717, 1.165) is 29.9 Å². The number of aliphatic hydroxyl groups excluding tert-OH is 1. The number of hydrogen-bond donors (Lipinski definition) is 2. The standard InChI is InChI=1S/C27H26ClIN3O3.U/c28-23-7-3-21(4-8-23)26-18-31(19-27(29,34)22-5-1-20(17-30)2-6-22)13-14-32(26)24-9-11-25(12-10-24)35-16-15-33;/h1-9,11-12,26,33-34H,13-16,18-19H2;/q-1;/t26-,27+;/m0./s1. The summed E-state index contributed by atoms with van der Waals surface area (Å²) < 4.78 is 4.39. The van der Waals surface area contributed by atoms with Crippen LogP contribution in [-0.2, 0) is 3.61 Å². The number of aliphatic hydroxyl groups is 2. The van der Waals surface area contributed by atoms with Crippen molar-refractivity contribution in [1.29, 1.82) is 5.26 Å². The maximum absolute atomic E-state index is 11.3. The number of piperazine rings is 1. The summed E-state index contributed by atoms with van der Waals surface area (Å²) in [6.45, 7) is 2.89. The van der Waals surface area contributed by atoms with Crippen LogP contribution in [0.4, 0.5) is 5.69 Å². The van der Waals surface area contributed by atoms with Gasteiger partial charge < -0.3 is 19.8 Å². The average Bonchev–Trinajstić information content (AvgIpc) is 2.88. The molecule has 0 aliphatic carbocycles. The monoisotopic (exact) mass is 840 g/mol. The summed E-state index contributed by atoms with van der Waals surface area (Å²) in [5.41, 5.74) is 3.43. The van der Waals surface area contributed by atoms with Crippen LogP contribution in [0.1, 0.15) is 22.7 Å². The number of hydrogen-bond acceptors (Lipinski definition) is 6. The number of nitriles is 1. The molecule has 186 valence electrons. The molecule has 1 saturated heterocycles. The minimum Gasteiger partial charge on any atom is -0.549 e. The number of nitrogens with zero attached hydrogens (tertiary/aromatic N) is 3. The Kier molecular flexibility index (Phi) is 11.0. The van der Waals surface area contributed by atoms with Gasteiger partial charge in [0.25, 0.3) is 0 Å². The Morgan fingerprint density at radius 2 is 1.83 bits per heavy atom. The quantitative estimate of drug-likeness (QED) is 0.198. The summed E-state index contributed by atoms with van der Waals surface area (Å²) in [5.74, 6) is 0.668. The fourth-order valence-electron chi connectivity index (χ4n) is 4.26. The van der Waals surface area contributed by atoms with Crippen LogP contribution < -0.4 is 9.64 Å². The smallest absolute Gasteiger partial charge is 0.153 e. The fourth-order valence-corrected chi connectivity index (χ4v) is 5.23. The predicted octanol–water partition coefficient (Wildman–Crippen LogP) is 4.53. The number of benzene rings is 3. The van der Waals surface area contributed by atoms with Crippen LogP contribution in [0.2, 0.25) is 5.02 Å². The topological polar surface area (TPSA) is 80.0 Å². The molecule has 0 bridgehead atoms. The Morgan fingerprint density at radius 1 is 1.11 bits per heavy atom. The number of rotatable bonds is 8. The van der Waals surface area contributed by atoms with Gasteiger partial charge in [-0.25, -0.2) is 0 Å². The number of halogens is 2. The van der Waals surface area contributed by atoms with E-state index in [0.29, 0.717) is 29.4 Å². The Hall–Kier alpha value is -1.30. The van der Waals surface area contributed by atoms with Gasteiger partial charge in [0.1, 0.15) is 0 Å². The zero-order valence-corrected chi connectivity index (χ0v) is 26.6. The minimum absolute atomic E-state index is 0. The Balaban J connectivity index is 0.00000361. The van der Waals surface area contributed by atoms with Crippen LogP contribution in [0.3, 0.4) is 0 Å². The summed E-state index contributed by atoms with van der Waals surface area (Å²) in [6, 6.07) is 26.1. The molecule has 36 heavy (non-hydrogen) atoms. The van der Waals surface area contributed by atoms with Gasteiger partial charge in [-0.05, 0) is 58.0 Å². The first-order valence-corrected chi connectivity index (χ1v) is 12.8. The number of ether oxygens (including phenoxy) is 1. The summed E-state index contributed by atoms with van der Waals surface area (Å²) >= 11 is 8.24. The van der Waals surface area contributed by atoms with Gasteiger partial charge in [-0.3, -0.25) is 4.90 Å². The largest absolute Gasteiger partial charge is 0.549 e. The van der Waals surface area contributed by atoms with Crippen molar-refractivity contribution in [2.45, 2.75) is 9.65 Å². The van der Waals surface area contributed by atoms with E-state index in [4.69, 9.17) is 26.7 Å². The molecule has 6 nitrogen and oxygen atoms in total. The molecule has 0 unspecified atom stereocenters. The molecule has 0 aromatic heterocycles. The normalized spacial score (nSPS) is 17.5. The van der Waals surface area contributed by atoms with Gasteiger partial charge in [-0.2, -0.15) is 11.3 Å². The first-order valence-electron chi connectivity index (χ1n) is 11.3. The van der Waals surface area contributed by atoms with Gasteiger partial charge in [-0.15, -0.1) is 18.2 Å². The van der Waals surface area contributed by atoms with Crippen LogP contribution in [0.15, 0.2) is 66.7 Å². The maximum atomic E-state index is 11.3. The molecule has 4 rings (SSSR count). The first kappa shape index (κ1) is 29.3. The Labute approximate surface area is 254 Å². The molecule has 3 aromatic rings. The average molecular weight is 841 g/mol. The molecule has 1 aliphatic rings. The fraction of sp³-hybridized carbons (Fsp3) is 0.296. The molecule has 1 heterocycles. The van der Waals surface area contributed by atoms with E-state index in [1.807, 2.05) is 48.5 Å². The second-order valence-corrected chi connectivity index (χ2v) is 10.6. The van der Waals surface area contributed by atoms with Crippen LogP contribution >= 0.6 is 34.2 Å². The molecular weight excluding hydrogens is 815 g/mol. The molecule has 9 heteroatoms. The van der Waals surface area contributed by atoms with Crippen LogP contribution in [0.25, 0.3) is 0 Å². The second-order valence-electron chi connectivity index (χ2n) is 8.43. The first-order chi connectivity index (χ1) is 16.9. The number of anilines is 1. The van der Waals surface area contributed by atoms with Gasteiger partial charge in [0.05, 0.1) is 30.9 Å². The second kappa shape index (κ2) is 13.5. The molecule has 2 atom stereocenters. The Morgan fingerprint density at radius 3 is 2.44 bits per heavy atom. The molecule has 2 N–H and O–H groups in total. The van der Waals surface area contributed by atoms with Crippen molar-refractivity contribution in [1.82, 2.24) is 4.90 Å². The molecule has 0 spiro atoms. The van der Waals surface area contributed by atoms with Crippen LogP contribution in [0.5, 0.6) is 5.75 Å². The van der Waals surface area contributed by atoms with Gasteiger partial charge in [0.15, 0.2) is 3.61 Å². The molecule has 0 saturated carbocycles. The van der Waals surface area contributed by atoms with Crippen molar-refractivity contribution in [3.63, 3.8) is 0 Å². The third kappa shape index (κ3) is 7.39. The molecule has 0 radical (unpaired) electrons. The molecular formula is C27H26ClIN3O3U-. The summed E-state index contributed by atoms with van der Waals surface area (Å²) in [6.07, 6.45) is 0. The maximum Gasteiger partial charge on any atom is 0.153 e. The summed E-state index contributed by atoms with van der Waals surface area (Å²) in [4.78, 5) is 4.57. The minimum atomic E-state index is -1.09. The number of β-amino-alcohol motifs (C(OH)–C–C–N with tert-alkyl or cyclic N) is 1. The predicted molar refractivity (Wildman–Crippen MR) is 145 cm³/mol. The van der Waals surface area contributed by atoms with Gasteiger partial charge in [-0.1, -0.05) is 41.6 Å². The molecule has 1 fully saturated rings. The van der Waals surface area contributed by atoms with Gasteiger partial charge >= 0.3 is 0 Å². The van der Waals surface area contributed by atoms with E-state index in [1.165, 1.54) is 0 Å². The Bertz CT molecular complexity index is 1150. The van der Waals surface area contributed by atoms with Crippen molar-refractivity contribution in [2.24, 2.45) is 0 Å². The van der Waals surface area contributed by atoms with E-state index < -0.39 is 3.61 Å². The summed E-state index contributed by atoms with van der Waals surface area (Å²) in [5, 5.41) is 30.0. The number of alkyl halides is 1. The van der Waals surface area contributed by atoms with Crippen molar-refractivity contribution in [2.75, 3.05) is 44.3 Å². The van der Waals surface area contributed by atoms with Gasteiger partial charge in [0, 0.05) is 68.1 Å². The van der Waals surface area contributed by atoms with E-state index in [2.05, 4.69) is 44.5 Å². The van der Waals surface area contributed by atoms with E-state index in [1.54, 1.807) is 18.2 Å². The zero-order valence-electron chi connectivity index (χ0n) is 19.6. The van der Waals surface area contributed by atoms with Crippen molar-refractivity contribution < 1.29 is 46.1 Å². The van der Waals surface area contributed by atoms with E-state index >= 15 is 0 Å². The van der Waals surface area contributed by atoms with Gasteiger partial charge in [0.2, 0.25) is 0 Å². The molecule has 1 aliphatic heterocycles. The van der Waals surface area contributed by atoms with Crippen molar-refractivity contribution in [3.8, 4) is 11.8 Å². The zero-order chi connectivity index (χ0) is 24.8. The molecule has 0 amide bonds. The molecule has 3 aromatic carbocycles. The van der Waals surface area contributed by atoms with E-state index in [-0.39, 0.29) is 50.4 Å². The SMILES string of the molecule is N#Cc1ccc([C@@](O)(I)CN2CCN(c3[c-]cc(OCCO)cc3)[C@H](c3ccc(Cl)cc3)C2)cc1.[U]. The summed E-state index contributed by atoms with van der Waals surface area (Å²) in [7, 11) is 0. The van der Waals surface area contributed by atoms with Crippen molar-refractivity contribution in [3.05, 3.63) is 94.5 Å².